The molecule has 0 aromatic carbocycles. The molecule has 1 heterocycles. The number of hydrogen-bond donors (Lipinski definition) is 1. The summed E-state index contributed by atoms with van der Waals surface area (Å²) in [6.45, 7) is 5.88. The molecule has 0 unspecified atom stereocenters. The molecule has 0 aliphatic heterocycles. The van der Waals surface area contributed by atoms with E-state index in [0.29, 0.717) is 5.88 Å². The summed E-state index contributed by atoms with van der Waals surface area (Å²) in [5.74, 6) is 0.643. The fourth-order valence-electron chi connectivity index (χ4n) is 1.01. The smallest absolute Gasteiger partial charge is 0.213 e. The highest BCUT2D eigenvalue weighted by Crippen LogP contribution is 2.15. The number of aromatic nitrogens is 1. The Morgan fingerprint density at radius 2 is 2.08 bits per heavy atom. The van der Waals surface area contributed by atoms with Crippen LogP contribution in [0.5, 0.6) is 5.88 Å². The van der Waals surface area contributed by atoms with E-state index in [-0.39, 0.29) is 12.1 Å². The molecular weight excluding hydrogens is 164 g/mol. The predicted molar refractivity (Wildman–Crippen MR) is 52.6 cm³/mol. The van der Waals surface area contributed by atoms with E-state index in [0.717, 1.165) is 5.56 Å². The topological polar surface area (TPSA) is 48.1 Å². The molecule has 0 saturated heterocycles. The number of rotatable bonds is 3. The molecule has 0 aliphatic carbocycles. The van der Waals surface area contributed by atoms with Gasteiger partial charge in [0.15, 0.2) is 0 Å². The van der Waals surface area contributed by atoms with Crippen LogP contribution in [0.2, 0.25) is 0 Å². The molecule has 1 aromatic heterocycles. The molecule has 1 aromatic rings. The first kappa shape index (κ1) is 9.99. The maximum Gasteiger partial charge on any atom is 0.213 e. The second-order valence-corrected chi connectivity index (χ2v) is 3.38. The molecule has 0 aliphatic rings. The van der Waals surface area contributed by atoms with Gasteiger partial charge in [-0.1, -0.05) is 0 Å². The zero-order valence-electron chi connectivity index (χ0n) is 8.32. The molecule has 0 bridgehead atoms. The highest BCUT2D eigenvalue weighted by atomic mass is 16.5. The second kappa shape index (κ2) is 4.23. The van der Waals surface area contributed by atoms with Crippen molar-refractivity contribution in [2.75, 3.05) is 0 Å². The van der Waals surface area contributed by atoms with Gasteiger partial charge in [0, 0.05) is 18.3 Å². The van der Waals surface area contributed by atoms with E-state index in [1.54, 1.807) is 6.20 Å². The van der Waals surface area contributed by atoms with E-state index in [1.165, 1.54) is 0 Å². The molecule has 0 amide bonds. The van der Waals surface area contributed by atoms with E-state index in [9.17, 15) is 0 Å². The standard InChI is InChI=1S/C10H16N2O/c1-7(2)13-10-6-9(8(3)11)4-5-12-10/h4-8H,11H2,1-3H3/t8-/m1/s1. The zero-order valence-corrected chi connectivity index (χ0v) is 8.32. The fraction of sp³-hybridized carbons (Fsp3) is 0.500. The molecule has 0 radical (unpaired) electrons. The normalized spacial score (nSPS) is 13.0. The van der Waals surface area contributed by atoms with Crippen LogP contribution in [0.4, 0.5) is 0 Å². The Hall–Kier alpha value is -1.09. The van der Waals surface area contributed by atoms with E-state index < -0.39 is 0 Å². The predicted octanol–water partition coefficient (Wildman–Crippen LogP) is 1.89. The molecular formula is C10H16N2O. The molecule has 72 valence electrons. The van der Waals surface area contributed by atoms with Crippen molar-refractivity contribution in [2.24, 2.45) is 5.73 Å². The van der Waals surface area contributed by atoms with Crippen molar-refractivity contribution in [3.63, 3.8) is 0 Å². The van der Waals surface area contributed by atoms with Gasteiger partial charge in [0.2, 0.25) is 5.88 Å². The second-order valence-electron chi connectivity index (χ2n) is 3.38. The first-order valence-electron chi connectivity index (χ1n) is 4.48. The average Bonchev–Trinajstić information content (AvgIpc) is 2.03. The van der Waals surface area contributed by atoms with Crippen LogP contribution in [0.3, 0.4) is 0 Å². The fourth-order valence-corrected chi connectivity index (χ4v) is 1.01. The zero-order chi connectivity index (χ0) is 9.84. The van der Waals surface area contributed by atoms with Crippen LogP contribution in [0.15, 0.2) is 18.3 Å². The maximum absolute atomic E-state index is 5.73. The van der Waals surface area contributed by atoms with Gasteiger partial charge in [-0.05, 0) is 32.4 Å². The SMILES string of the molecule is CC(C)Oc1cc([C@@H](C)N)ccn1. The molecule has 1 atom stereocenters. The Balaban J connectivity index is 2.79. The van der Waals surface area contributed by atoms with Crippen LogP contribution < -0.4 is 10.5 Å². The summed E-state index contributed by atoms with van der Waals surface area (Å²) in [7, 11) is 0. The summed E-state index contributed by atoms with van der Waals surface area (Å²) in [6, 6.07) is 3.81. The summed E-state index contributed by atoms with van der Waals surface area (Å²) in [4.78, 5) is 4.08. The van der Waals surface area contributed by atoms with Crippen LogP contribution in [0.25, 0.3) is 0 Å². The summed E-state index contributed by atoms with van der Waals surface area (Å²) < 4.78 is 5.44. The van der Waals surface area contributed by atoms with Crippen LogP contribution in [-0.4, -0.2) is 11.1 Å². The lowest BCUT2D eigenvalue weighted by Crippen LogP contribution is -2.09. The molecule has 13 heavy (non-hydrogen) atoms. The lowest BCUT2D eigenvalue weighted by molar-refractivity contribution is 0.232. The van der Waals surface area contributed by atoms with Crippen LogP contribution in [0.1, 0.15) is 32.4 Å². The van der Waals surface area contributed by atoms with Crippen molar-refractivity contribution in [1.29, 1.82) is 0 Å². The Kier molecular flexibility index (Phi) is 3.25. The van der Waals surface area contributed by atoms with Crippen molar-refractivity contribution >= 4 is 0 Å². The number of ether oxygens (including phenoxy) is 1. The molecule has 3 heteroatoms. The minimum atomic E-state index is 0.0255. The summed E-state index contributed by atoms with van der Waals surface area (Å²) in [5, 5.41) is 0. The van der Waals surface area contributed by atoms with Crippen molar-refractivity contribution in [3.05, 3.63) is 23.9 Å². The van der Waals surface area contributed by atoms with Gasteiger partial charge in [-0.25, -0.2) is 4.98 Å². The van der Waals surface area contributed by atoms with Gasteiger partial charge < -0.3 is 10.5 Å². The van der Waals surface area contributed by atoms with Gasteiger partial charge in [-0.3, -0.25) is 0 Å². The third kappa shape index (κ3) is 3.03. The summed E-state index contributed by atoms with van der Waals surface area (Å²) in [5.41, 5.74) is 6.78. The first-order valence-corrected chi connectivity index (χ1v) is 4.48. The Morgan fingerprint density at radius 1 is 1.38 bits per heavy atom. The quantitative estimate of drug-likeness (QED) is 0.772. The highest BCUT2D eigenvalue weighted by molar-refractivity contribution is 5.22. The Morgan fingerprint density at radius 3 is 2.62 bits per heavy atom. The van der Waals surface area contributed by atoms with Crippen molar-refractivity contribution < 1.29 is 4.74 Å². The molecule has 0 fully saturated rings. The lowest BCUT2D eigenvalue weighted by atomic mass is 10.1. The Bertz CT molecular complexity index is 271. The van der Waals surface area contributed by atoms with Gasteiger partial charge in [-0.2, -0.15) is 0 Å². The van der Waals surface area contributed by atoms with Gasteiger partial charge in [0.05, 0.1) is 6.10 Å². The maximum atomic E-state index is 5.73. The molecule has 2 N–H and O–H groups in total. The van der Waals surface area contributed by atoms with E-state index in [4.69, 9.17) is 10.5 Å². The lowest BCUT2D eigenvalue weighted by Gasteiger charge is -2.10. The van der Waals surface area contributed by atoms with Gasteiger partial charge >= 0.3 is 0 Å². The van der Waals surface area contributed by atoms with Crippen molar-refractivity contribution in [2.45, 2.75) is 32.9 Å². The molecule has 0 saturated carbocycles. The van der Waals surface area contributed by atoms with Crippen LogP contribution in [0, 0.1) is 0 Å². The van der Waals surface area contributed by atoms with Crippen molar-refractivity contribution in [3.8, 4) is 5.88 Å². The summed E-state index contributed by atoms with van der Waals surface area (Å²) in [6.07, 6.45) is 1.87. The average molecular weight is 180 g/mol. The number of nitrogens with two attached hydrogens (primary N) is 1. The van der Waals surface area contributed by atoms with E-state index >= 15 is 0 Å². The van der Waals surface area contributed by atoms with E-state index in [2.05, 4.69) is 4.98 Å². The number of pyridine rings is 1. The Labute approximate surface area is 78.9 Å². The van der Waals surface area contributed by atoms with Crippen LogP contribution >= 0.6 is 0 Å². The highest BCUT2D eigenvalue weighted by Gasteiger charge is 2.03. The summed E-state index contributed by atoms with van der Waals surface area (Å²) >= 11 is 0. The van der Waals surface area contributed by atoms with Gasteiger partial charge in [0.1, 0.15) is 0 Å². The molecule has 1 rings (SSSR count). The number of hydrogen-bond acceptors (Lipinski definition) is 3. The third-order valence-corrected chi connectivity index (χ3v) is 1.64. The van der Waals surface area contributed by atoms with Crippen molar-refractivity contribution in [1.82, 2.24) is 4.98 Å². The monoisotopic (exact) mass is 180 g/mol. The third-order valence-electron chi connectivity index (χ3n) is 1.64. The minimum absolute atomic E-state index is 0.0255. The minimum Gasteiger partial charge on any atom is -0.475 e. The van der Waals surface area contributed by atoms with Gasteiger partial charge in [0.25, 0.3) is 0 Å². The van der Waals surface area contributed by atoms with E-state index in [1.807, 2.05) is 32.9 Å². The number of nitrogens with zero attached hydrogens (tertiary/aromatic N) is 1. The van der Waals surface area contributed by atoms with Crippen LogP contribution in [-0.2, 0) is 0 Å². The largest absolute Gasteiger partial charge is 0.475 e. The first-order chi connectivity index (χ1) is 6.09. The molecule has 0 spiro atoms. The molecule has 3 nitrogen and oxygen atoms in total. The van der Waals surface area contributed by atoms with Gasteiger partial charge in [-0.15, -0.1) is 0 Å².